The van der Waals surface area contributed by atoms with Crippen molar-refractivity contribution in [3.05, 3.63) is 29.3 Å². The average molecular weight is 405 g/mol. The van der Waals surface area contributed by atoms with Crippen LogP contribution in [0.1, 0.15) is 126 Å². The van der Waals surface area contributed by atoms with Crippen molar-refractivity contribution in [1.82, 2.24) is 0 Å². The zero-order valence-electron chi connectivity index (χ0n) is 19.0. The number of phenolic OH excluding ortho intramolecular Hbond substituents is 1. The molecule has 3 nitrogen and oxygen atoms in total. The van der Waals surface area contributed by atoms with E-state index >= 15 is 0 Å². The van der Waals surface area contributed by atoms with Crippen LogP contribution in [0.25, 0.3) is 0 Å². The maximum Gasteiger partial charge on any atom is 0.338 e. The second kappa shape index (κ2) is 17.4. The van der Waals surface area contributed by atoms with Gasteiger partial charge in [0.25, 0.3) is 0 Å². The molecule has 0 aliphatic heterocycles. The molecule has 0 aliphatic carbocycles. The van der Waals surface area contributed by atoms with Gasteiger partial charge in [0.15, 0.2) is 0 Å². The quantitative estimate of drug-likeness (QED) is 0.199. The molecular formula is C26H44O3. The van der Waals surface area contributed by atoms with Gasteiger partial charge in [-0.15, -0.1) is 0 Å². The SMILES string of the molecule is CCCCCCCCCCCCCCCCc1cc(O)ccc1C(=O)OCCC. The van der Waals surface area contributed by atoms with E-state index in [1.807, 2.05) is 6.92 Å². The first-order valence-corrected chi connectivity index (χ1v) is 12.2. The number of carbonyl (C=O) groups is 1. The van der Waals surface area contributed by atoms with Gasteiger partial charge in [0.2, 0.25) is 0 Å². The van der Waals surface area contributed by atoms with E-state index in [-0.39, 0.29) is 11.7 Å². The van der Waals surface area contributed by atoms with Gasteiger partial charge in [-0.2, -0.15) is 0 Å². The molecule has 1 aromatic rings. The molecule has 0 fully saturated rings. The van der Waals surface area contributed by atoms with E-state index in [2.05, 4.69) is 6.92 Å². The van der Waals surface area contributed by atoms with Crippen molar-refractivity contribution >= 4 is 5.97 Å². The first kappa shape index (κ1) is 25.5. The second-order valence-corrected chi connectivity index (χ2v) is 8.32. The number of rotatable bonds is 18. The maximum atomic E-state index is 12.2. The summed E-state index contributed by atoms with van der Waals surface area (Å²) in [4.78, 5) is 12.2. The predicted octanol–water partition coefficient (Wildman–Crippen LogP) is 7.98. The van der Waals surface area contributed by atoms with E-state index in [9.17, 15) is 9.90 Å². The van der Waals surface area contributed by atoms with Gasteiger partial charge in [0.1, 0.15) is 5.75 Å². The molecule has 0 amide bonds. The fraction of sp³-hybridized carbons (Fsp3) is 0.731. The normalized spacial score (nSPS) is 11.0. The van der Waals surface area contributed by atoms with Crippen molar-refractivity contribution < 1.29 is 14.6 Å². The Morgan fingerprint density at radius 1 is 0.759 bits per heavy atom. The lowest BCUT2D eigenvalue weighted by Crippen LogP contribution is -2.09. The summed E-state index contributed by atoms with van der Waals surface area (Å²) < 4.78 is 5.26. The highest BCUT2D eigenvalue weighted by Gasteiger charge is 2.13. The number of carbonyl (C=O) groups excluding carboxylic acids is 1. The van der Waals surface area contributed by atoms with Crippen molar-refractivity contribution in [3.8, 4) is 5.75 Å². The fourth-order valence-electron chi connectivity index (χ4n) is 3.77. The highest BCUT2D eigenvalue weighted by Crippen LogP contribution is 2.21. The number of aromatic hydroxyl groups is 1. The summed E-state index contributed by atoms with van der Waals surface area (Å²) in [6.07, 6.45) is 20.3. The average Bonchev–Trinajstić information content (AvgIpc) is 2.72. The van der Waals surface area contributed by atoms with Crippen molar-refractivity contribution in [3.63, 3.8) is 0 Å². The Labute approximate surface area is 179 Å². The third kappa shape index (κ3) is 12.6. The number of phenols is 1. The number of hydrogen-bond acceptors (Lipinski definition) is 3. The number of aryl methyl sites for hydroxylation is 1. The summed E-state index contributed by atoms with van der Waals surface area (Å²) in [6, 6.07) is 4.97. The van der Waals surface area contributed by atoms with Gasteiger partial charge in [-0.1, -0.05) is 97.3 Å². The Morgan fingerprint density at radius 3 is 1.79 bits per heavy atom. The van der Waals surface area contributed by atoms with Crippen LogP contribution in [0.15, 0.2) is 18.2 Å². The minimum Gasteiger partial charge on any atom is -0.508 e. The van der Waals surface area contributed by atoms with Gasteiger partial charge in [0, 0.05) is 0 Å². The molecule has 1 N–H and O–H groups in total. The minimum atomic E-state index is -0.271. The van der Waals surface area contributed by atoms with E-state index in [0.717, 1.165) is 24.8 Å². The van der Waals surface area contributed by atoms with Crippen LogP contribution in [0.2, 0.25) is 0 Å². The van der Waals surface area contributed by atoms with Crippen molar-refractivity contribution in [2.75, 3.05) is 6.61 Å². The van der Waals surface area contributed by atoms with Crippen molar-refractivity contribution in [2.45, 2.75) is 117 Å². The van der Waals surface area contributed by atoms with E-state index in [1.54, 1.807) is 18.2 Å². The van der Waals surface area contributed by atoms with E-state index in [4.69, 9.17) is 4.74 Å². The largest absolute Gasteiger partial charge is 0.508 e. The summed E-state index contributed by atoms with van der Waals surface area (Å²) in [5.74, 6) is -0.0513. The molecular weight excluding hydrogens is 360 g/mol. The summed E-state index contributed by atoms with van der Waals surface area (Å²) in [5.41, 5.74) is 1.51. The van der Waals surface area contributed by atoms with Gasteiger partial charge >= 0.3 is 5.97 Å². The second-order valence-electron chi connectivity index (χ2n) is 8.32. The lowest BCUT2D eigenvalue weighted by Gasteiger charge is -2.10. The topological polar surface area (TPSA) is 46.5 Å². The Hall–Kier alpha value is -1.51. The highest BCUT2D eigenvalue weighted by atomic mass is 16.5. The summed E-state index contributed by atoms with van der Waals surface area (Å²) in [5, 5.41) is 9.76. The van der Waals surface area contributed by atoms with Gasteiger partial charge in [-0.05, 0) is 43.0 Å². The lowest BCUT2D eigenvalue weighted by atomic mass is 9.99. The van der Waals surface area contributed by atoms with Crippen LogP contribution in [0.5, 0.6) is 5.75 Å². The highest BCUT2D eigenvalue weighted by molar-refractivity contribution is 5.91. The molecule has 0 saturated heterocycles. The molecule has 0 aromatic heterocycles. The number of ether oxygens (including phenoxy) is 1. The standard InChI is InChI=1S/C26H44O3/c1-3-5-6-7-8-9-10-11-12-13-14-15-16-17-18-23-22-24(27)19-20-25(23)26(28)29-21-4-2/h19-20,22,27H,3-18,21H2,1-2H3. The zero-order valence-corrected chi connectivity index (χ0v) is 19.0. The van der Waals surface area contributed by atoms with Crippen LogP contribution in [-0.2, 0) is 11.2 Å². The monoisotopic (exact) mass is 404 g/mol. The summed E-state index contributed by atoms with van der Waals surface area (Å²) >= 11 is 0. The van der Waals surface area contributed by atoms with Gasteiger partial charge < -0.3 is 9.84 Å². The summed E-state index contributed by atoms with van der Waals surface area (Å²) in [7, 11) is 0. The van der Waals surface area contributed by atoms with Crippen LogP contribution in [0.3, 0.4) is 0 Å². The molecule has 0 atom stereocenters. The Balaban J connectivity index is 2.09. The molecule has 0 radical (unpaired) electrons. The molecule has 1 aromatic carbocycles. The van der Waals surface area contributed by atoms with Crippen LogP contribution in [-0.4, -0.2) is 17.7 Å². The third-order valence-electron chi connectivity index (χ3n) is 5.55. The van der Waals surface area contributed by atoms with E-state index in [1.165, 1.54) is 83.5 Å². The van der Waals surface area contributed by atoms with Crippen LogP contribution < -0.4 is 0 Å². The zero-order chi connectivity index (χ0) is 21.2. The Bertz CT molecular complexity index is 539. The maximum absolute atomic E-state index is 12.2. The summed E-state index contributed by atoms with van der Waals surface area (Å²) in [6.45, 7) is 4.70. The van der Waals surface area contributed by atoms with E-state index < -0.39 is 0 Å². The van der Waals surface area contributed by atoms with Gasteiger partial charge in [-0.3, -0.25) is 0 Å². The van der Waals surface area contributed by atoms with Crippen LogP contribution in [0.4, 0.5) is 0 Å². The van der Waals surface area contributed by atoms with Gasteiger partial charge in [-0.25, -0.2) is 4.79 Å². The molecule has 0 unspecified atom stereocenters. The third-order valence-corrected chi connectivity index (χ3v) is 5.55. The van der Waals surface area contributed by atoms with Crippen LogP contribution in [0, 0.1) is 0 Å². The molecule has 1 rings (SSSR count). The van der Waals surface area contributed by atoms with Crippen molar-refractivity contribution in [1.29, 1.82) is 0 Å². The smallest absolute Gasteiger partial charge is 0.338 e. The molecule has 0 saturated carbocycles. The minimum absolute atomic E-state index is 0.220. The molecule has 3 heteroatoms. The molecule has 166 valence electrons. The number of unbranched alkanes of at least 4 members (excludes halogenated alkanes) is 13. The number of esters is 1. The molecule has 0 bridgehead atoms. The predicted molar refractivity (Wildman–Crippen MR) is 123 cm³/mol. The molecule has 0 aliphatic rings. The first-order valence-electron chi connectivity index (χ1n) is 12.2. The van der Waals surface area contributed by atoms with E-state index in [0.29, 0.717) is 12.2 Å². The number of benzene rings is 1. The molecule has 0 spiro atoms. The van der Waals surface area contributed by atoms with Crippen molar-refractivity contribution in [2.24, 2.45) is 0 Å². The first-order chi connectivity index (χ1) is 14.2. The Kier molecular flexibility index (Phi) is 15.3. The number of hydrogen-bond donors (Lipinski definition) is 1. The molecule has 29 heavy (non-hydrogen) atoms. The Morgan fingerprint density at radius 2 is 1.28 bits per heavy atom. The fourth-order valence-corrected chi connectivity index (χ4v) is 3.77. The molecule has 0 heterocycles. The lowest BCUT2D eigenvalue weighted by molar-refractivity contribution is 0.0504. The van der Waals surface area contributed by atoms with Gasteiger partial charge in [0.05, 0.1) is 12.2 Å². The van der Waals surface area contributed by atoms with Crippen LogP contribution >= 0.6 is 0 Å².